The molecule has 1 N–H and O–H groups in total. The lowest BCUT2D eigenvalue weighted by molar-refractivity contribution is 0.0356. The summed E-state index contributed by atoms with van der Waals surface area (Å²) in [5.41, 5.74) is 2.21. The summed E-state index contributed by atoms with van der Waals surface area (Å²) in [5.74, 6) is 0.211. The van der Waals surface area contributed by atoms with Crippen molar-refractivity contribution < 1.29 is 23.4 Å². The molecule has 3 rings (SSSR count). The predicted molar refractivity (Wildman–Crippen MR) is 118 cm³/mol. The van der Waals surface area contributed by atoms with E-state index in [2.05, 4.69) is 16.9 Å². The summed E-state index contributed by atoms with van der Waals surface area (Å²) in [6, 6.07) is 11.7. The largest absolute Gasteiger partial charge is 0.439 e. The van der Waals surface area contributed by atoms with Gasteiger partial charge in [0.2, 0.25) is 5.88 Å². The second-order valence-electron chi connectivity index (χ2n) is 7.66. The summed E-state index contributed by atoms with van der Waals surface area (Å²) < 4.78 is 39.7. The van der Waals surface area contributed by atoms with Crippen molar-refractivity contribution in [2.75, 3.05) is 26.8 Å². The Kier molecular flexibility index (Phi) is 8.33. The fourth-order valence-corrected chi connectivity index (χ4v) is 3.51. The average Bonchev–Trinajstić information content (AvgIpc) is 3.06. The number of methoxy groups -OCH3 is 1. The predicted octanol–water partition coefficient (Wildman–Crippen LogP) is 4.47. The van der Waals surface area contributed by atoms with Gasteiger partial charge in [-0.15, -0.1) is 0 Å². The van der Waals surface area contributed by atoms with Crippen molar-refractivity contribution in [1.29, 1.82) is 0 Å². The van der Waals surface area contributed by atoms with Crippen LogP contribution in [0.5, 0.6) is 11.6 Å². The minimum Gasteiger partial charge on any atom is -0.439 e. The topological polar surface area (TPSA) is 59.8 Å². The maximum Gasteiger partial charge on any atom is 0.227 e. The van der Waals surface area contributed by atoms with Crippen molar-refractivity contribution >= 4 is 0 Å². The van der Waals surface area contributed by atoms with E-state index < -0.39 is 6.10 Å². The zero-order valence-electron chi connectivity index (χ0n) is 18.6. The average molecular weight is 446 g/mol. The molecule has 3 aromatic rings. The molecule has 0 radical (unpaired) electrons. The smallest absolute Gasteiger partial charge is 0.227 e. The molecular weight excluding hydrogens is 416 g/mol. The number of rotatable bonds is 11. The van der Waals surface area contributed by atoms with Crippen LogP contribution in [-0.2, 0) is 11.3 Å². The Hall–Kier alpha value is -2.81. The quantitative estimate of drug-likeness (QED) is 0.472. The van der Waals surface area contributed by atoms with Gasteiger partial charge in [0.1, 0.15) is 17.4 Å². The number of halogens is 2. The Labute approximate surface area is 187 Å². The maximum atomic E-state index is 13.5. The lowest BCUT2D eigenvalue weighted by atomic mass is 10.2. The van der Waals surface area contributed by atoms with Crippen LogP contribution in [0.25, 0.3) is 5.69 Å². The van der Waals surface area contributed by atoms with Gasteiger partial charge in [-0.1, -0.05) is 6.92 Å². The molecule has 0 aliphatic rings. The van der Waals surface area contributed by atoms with Gasteiger partial charge in [-0.2, -0.15) is 5.10 Å². The zero-order chi connectivity index (χ0) is 23.1. The molecule has 1 heterocycles. The van der Waals surface area contributed by atoms with Gasteiger partial charge in [0.25, 0.3) is 0 Å². The van der Waals surface area contributed by atoms with E-state index in [1.165, 1.54) is 24.3 Å². The third kappa shape index (κ3) is 6.12. The highest BCUT2D eigenvalue weighted by molar-refractivity contribution is 5.43. The molecule has 0 spiro atoms. The van der Waals surface area contributed by atoms with Crippen LogP contribution in [0.15, 0.2) is 48.5 Å². The van der Waals surface area contributed by atoms with Gasteiger partial charge in [0, 0.05) is 20.2 Å². The summed E-state index contributed by atoms with van der Waals surface area (Å²) in [6.45, 7) is 5.87. The number of nitrogens with zero attached hydrogens (tertiary/aromatic N) is 3. The van der Waals surface area contributed by atoms with Gasteiger partial charge in [0.05, 0.1) is 29.7 Å². The summed E-state index contributed by atoms with van der Waals surface area (Å²) >= 11 is 0. The van der Waals surface area contributed by atoms with Gasteiger partial charge >= 0.3 is 0 Å². The molecule has 0 saturated carbocycles. The Balaban J connectivity index is 1.99. The lowest BCUT2D eigenvalue weighted by Crippen LogP contribution is -2.35. The van der Waals surface area contributed by atoms with Crippen LogP contribution in [0.1, 0.15) is 24.6 Å². The van der Waals surface area contributed by atoms with Gasteiger partial charge in [-0.05, 0) is 68.4 Å². The highest BCUT2D eigenvalue weighted by Gasteiger charge is 2.22. The minimum absolute atomic E-state index is 0.243. The molecule has 8 heteroatoms. The number of ether oxygens (including phenoxy) is 2. The first-order valence-electron chi connectivity index (χ1n) is 10.6. The van der Waals surface area contributed by atoms with Crippen molar-refractivity contribution in [3.63, 3.8) is 0 Å². The molecule has 6 nitrogen and oxygen atoms in total. The van der Waals surface area contributed by atoms with E-state index >= 15 is 0 Å². The molecule has 32 heavy (non-hydrogen) atoms. The molecule has 1 aromatic heterocycles. The van der Waals surface area contributed by atoms with Gasteiger partial charge < -0.3 is 14.6 Å². The Morgan fingerprint density at radius 1 is 1.06 bits per heavy atom. The van der Waals surface area contributed by atoms with E-state index in [1.807, 2.05) is 6.92 Å². The molecule has 1 atom stereocenters. The van der Waals surface area contributed by atoms with Gasteiger partial charge in [0.15, 0.2) is 0 Å². The van der Waals surface area contributed by atoms with Crippen LogP contribution >= 0.6 is 0 Å². The number of aromatic nitrogens is 2. The Morgan fingerprint density at radius 3 is 2.28 bits per heavy atom. The normalized spacial score (nSPS) is 12.3. The third-order valence-corrected chi connectivity index (χ3v) is 4.99. The van der Waals surface area contributed by atoms with E-state index in [4.69, 9.17) is 9.47 Å². The summed E-state index contributed by atoms with van der Waals surface area (Å²) in [7, 11) is 1.55. The van der Waals surface area contributed by atoms with Crippen LogP contribution in [0, 0.1) is 18.6 Å². The first kappa shape index (κ1) is 23.8. The first-order chi connectivity index (χ1) is 15.4. The van der Waals surface area contributed by atoms with Gasteiger partial charge in [-0.3, -0.25) is 4.90 Å². The molecule has 0 amide bonds. The summed E-state index contributed by atoms with van der Waals surface area (Å²) in [6.07, 6.45) is 0.277. The second-order valence-corrected chi connectivity index (χ2v) is 7.66. The van der Waals surface area contributed by atoms with E-state index in [-0.39, 0.29) is 18.2 Å². The fourth-order valence-electron chi connectivity index (χ4n) is 3.51. The van der Waals surface area contributed by atoms with Crippen molar-refractivity contribution in [2.45, 2.75) is 32.9 Å². The molecule has 0 saturated heterocycles. The number of aliphatic hydroxyl groups is 1. The van der Waals surface area contributed by atoms with Crippen LogP contribution in [0.2, 0.25) is 0 Å². The van der Waals surface area contributed by atoms with E-state index in [0.717, 1.165) is 24.2 Å². The third-order valence-electron chi connectivity index (χ3n) is 4.99. The first-order valence-corrected chi connectivity index (χ1v) is 10.6. The number of aliphatic hydroxyl groups excluding tert-OH is 1. The monoisotopic (exact) mass is 445 g/mol. The second kappa shape index (κ2) is 11.2. The van der Waals surface area contributed by atoms with Crippen LogP contribution < -0.4 is 4.74 Å². The van der Waals surface area contributed by atoms with Crippen molar-refractivity contribution in [2.24, 2.45) is 0 Å². The fraction of sp³-hybridized carbons (Fsp3) is 0.375. The SMILES string of the molecule is CCCN(Cc1c(C)nn(-c2ccc(F)cc2)c1Oc1ccc(F)cc1)CC(O)COC. The van der Waals surface area contributed by atoms with E-state index in [1.54, 1.807) is 36.1 Å². The van der Waals surface area contributed by atoms with Crippen molar-refractivity contribution in [3.05, 3.63) is 71.4 Å². The molecule has 0 fully saturated rings. The summed E-state index contributed by atoms with van der Waals surface area (Å²) in [4.78, 5) is 2.11. The molecule has 1 unspecified atom stereocenters. The molecular formula is C24H29F2N3O3. The Morgan fingerprint density at radius 2 is 1.69 bits per heavy atom. The zero-order valence-corrected chi connectivity index (χ0v) is 18.6. The highest BCUT2D eigenvalue weighted by Crippen LogP contribution is 2.32. The van der Waals surface area contributed by atoms with Gasteiger partial charge in [-0.25, -0.2) is 13.5 Å². The van der Waals surface area contributed by atoms with Crippen LogP contribution in [0.3, 0.4) is 0 Å². The minimum atomic E-state index is -0.625. The maximum absolute atomic E-state index is 13.5. The van der Waals surface area contributed by atoms with E-state index in [0.29, 0.717) is 30.4 Å². The van der Waals surface area contributed by atoms with Crippen LogP contribution in [0.4, 0.5) is 8.78 Å². The lowest BCUT2D eigenvalue weighted by Gasteiger charge is -2.24. The standard InChI is InChI=1S/C24H29F2N3O3/c1-4-13-28(14-21(30)16-31-3)15-23-17(2)27-29(20-9-5-18(25)6-10-20)24(23)32-22-11-7-19(26)8-12-22/h5-12,21,30H,4,13-16H2,1-3H3. The number of aryl methyl sites for hydroxylation is 1. The number of benzene rings is 2. The molecule has 2 aromatic carbocycles. The van der Waals surface area contributed by atoms with E-state index in [9.17, 15) is 13.9 Å². The van der Waals surface area contributed by atoms with Crippen LogP contribution in [-0.4, -0.2) is 52.7 Å². The molecule has 172 valence electrons. The molecule has 0 bridgehead atoms. The van der Waals surface area contributed by atoms with Crippen molar-refractivity contribution in [3.8, 4) is 17.3 Å². The summed E-state index contributed by atoms with van der Waals surface area (Å²) in [5, 5.41) is 14.9. The van der Waals surface area contributed by atoms with Crippen molar-refractivity contribution in [1.82, 2.24) is 14.7 Å². The molecule has 0 aliphatic carbocycles. The number of hydrogen-bond donors (Lipinski definition) is 1. The molecule has 0 aliphatic heterocycles. The highest BCUT2D eigenvalue weighted by atomic mass is 19.1. The Bertz CT molecular complexity index is 991. The number of hydrogen-bond acceptors (Lipinski definition) is 5.